The molecule has 3 rings (SSSR count). The topological polar surface area (TPSA) is 71.3 Å². The lowest BCUT2D eigenvalue weighted by Crippen LogP contribution is -2.31. The second kappa shape index (κ2) is 6.10. The minimum absolute atomic E-state index is 0.0521. The van der Waals surface area contributed by atoms with E-state index >= 15 is 0 Å². The summed E-state index contributed by atoms with van der Waals surface area (Å²) in [6.07, 6.45) is 4.17. The molecule has 3 N–H and O–H groups in total. The summed E-state index contributed by atoms with van der Waals surface area (Å²) in [5, 5.41) is 0.814. The van der Waals surface area contributed by atoms with E-state index in [1.807, 2.05) is 12.3 Å². The molecular weight excluding hydrogens is 278 g/mol. The van der Waals surface area contributed by atoms with Crippen molar-refractivity contribution in [1.82, 2.24) is 9.88 Å². The van der Waals surface area contributed by atoms with Crippen LogP contribution in [0.25, 0.3) is 10.9 Å². The maximum atomic E-state index is 11.9. The lowest BCUT2D eigenvalue weighted by atomic mass is 10.0. The minimum Gasteiger partial charge on any atom is -0.425 e. The molecule has 0 amide bonds. The molecule has 5 heteroatoms. The van der Waals surface area contributed by atoms with E-state index in [-0.39, 0.29) is 6.04 Å². The van der Waals surface area contributed by atoms with Crippen molar-refractivity contribution in [2.24, 2.45) is 5.73 Å². The largest absolute Gasteiger partial charge is 0.425 e. The van der Waals surface area contributed by atoms with Gasteiger partial charge in [0, 0.05) is 27.3 Å². The normalized spacial score (nSPS) is 23.0. The lowest BCUT2D eigenvalue weighted by molar-refractivity contribution is -0.135. The van der Waals surface area contributed by atoms with E-state index in [1.54, 1.807) is 24.0 Å². The van der Waals surface area contributed by atoms with E-state index in [0.29, 0.717) is 18.7 Å². The number of H-pyrrole nitrogens is 1. The predicted octanol–water partition coefficient (Wildman–Crippen LogP) is 2.06. The molecule has 1 aliphatic heterocycles. The third-order valence-electron chi connectivity index (χ3n) is 4.16. The van der Waals surface area contributed by atoms with Gasteiger partial charge in [0.15, 0.2) is 0 Å². The van der Waals surface area contributed by atoms with Crippen molar-refractivity contribution >= 4 is 16.9 Å². The molecule has 118 valence electrons. The van der Waals surface area contributed by atoms with Gasteiger partial charge in [-0.2, -0.15) is 0 Å². The fourth-order valence-corrected chi connectivity index (χ4v) is 2.97. The van der Waals surface area contributed by atoms with Crippen LogP contribution >= 0.6 is 0 Å². The summed E-state index contributed by atoms with van der Waals surface area (Å²) in [4.78, 5) is 16.6. The van der Waals surface area contributed by atoms with Crippen LogP contribution in [0.15, 0.2) is 24.4 Å². The molecule has 22 heavy (non-hydrogen) atoms. The van der Waals surface area contributed by atoms with Gasteiger partial charge in [-0.15, -0.1) is 0 Å². The van der Waals surface area contributed by atoms with Gasteiger partial charge in [-0.05, 0) is 57.4 Å². The van der Waals surface area contributed by atoms with Crippen LogP contribution in [0.3, 0.4) is 0 Å². The van der Waals surface area contributed by atoms with E-state index in [2.05, 4.69) is 4.98 Å². The number of ether oxygens (including phenoxy) is 1. The molecule has 2 atom stereocenters. The Morgan fingerprint density at radius 3 is 3.27 bits per heavy atom. The minimum atomic E-state index is -2.09. The molecule has 5 nitrogen and oxygen atoms in total. The first-order valence-corrected chi connectivity index (χ1v) is 7.60. The molecule has 2 heterocycles. The van der Waals surface area contributed by atoms with Gasteiger partial charge in [0.25, 0.3) is 0 Å². The Bertz CT molecular complexity index is 770. The molecule has 0 spiro atoms. The molecule has 1 saturated heterocycles. The molecule has 0 bridgehead atoms. The van der Waals surface area contributed by atoms with Crippen LogP contribution in [0.4, 0.5) is 0 Å². The summed E-state index contributed by atoms with van der Waals surface area (Å²) >= 11 is 0. The Balaban J connectivity index is 1.91. The molecule has 0 saturated carbocycles. The molecule has 1 fully saturated rings. The van der Waals surface area contributed by atoms with Crippen LogP contribution in [-0.2, 0) is 11.2 Å². The van der Waals surface area contributed by atoms with Crippen LogP contribution in [0, 0.1) is 0 Å². The number of hydrogen-bond acceptors (Lipinski definition) is 4. The molecule has 0 aliphatic carbocycles. The van der Waals surface area contributed by atoms with Gasteiger partial charge in [-0.25, -0.2) is 4.79 Å². The quantitative estimate of drug-likeness (QED) is 0.670. The number of benzene rings is 1. The van der Waals surface area contributed by atoms with Gasteiger partial charge in [0.1, 0.15) is 11.8 Å². The number of fused-ring (bicyclic) bond motifs is 1. The summed E-state index contributed by atoms with van der Waals surface area (Å²) < 4.78 is 28.5. The van der Waals surface area contributed by atoms with Crippen molar-refractivity contribution < 1.29 is 13.6 Å². The second-order valence-corrected chi connectivity index (χ2v) is 5.90. The Morgan fingerprint density at radius 2 is 2.50 bits per heavy atom. The number of carbonyl (C=O) groups is 1. The van der Waals surface area contributed by atoms with Crippen molar-refractivity contribution in [2.45, 2.75) is 38.3 Å². The molecule has 0 radical (unpaired) electrons. The van der Waals surface area contributed by atoms with E-state index in [1.165, 1.54) is 0 Å². The summed E-state index contributed by atoms with van der Waals surface area (Å²) in [7, 11) is 0. The highest BCUT2D eigenvalue weighted by molar-refractivity contribution is 5.92. The Labute approximate surface area is 134 Å². The SMILES string of the molecule is [2H]C([2H])([2H])N1CCC[C@@H]1Cc1c[nH]c2cccc(OC(=O)[C@@H](C)N)c12. The zero-order valence-corrected chi connectivity index (χ0v) is 12.6. The van der Waals surface area contributed by atoms with Crippen molar-refractivity contribution in [1.29, 1.82) is 0 Å². The lowest BCUT2D eigenvalue weighted by Gasteiger charge is -2.19. The highest BCUT2D eigenvalue weighted by Gasteiger charge is 2.23. The second-order valence-electron chi connectivity index (χ2n) is 5.90. The summed E-state index contributed by atoms with van der Waals surface area (Å²) in [5.74, 6) is -0.0425. The van der Waals surface area contributed by atoms with Crippen molar-refractivity contribution in [3.05, 3.63) is 30.0 Å². The number of hydrogen-bond donors (Lipinski definition) is 2. The Hall–Kier alpha value is -1.85. The van der Waals surface area contributed by atoms with Gasteiger partial charge in [-0.3, -0.25) is 0 Å². The number of nitrogens with two attached hydrogens (primary N) is 1. The number of carbonyl (C=O) groups excluding carboxylic acids is 1. The number of likely N-dealkylation sites (N-methyl/N-ethyl adjacent to an activating group) is 1. The van der Waals surface area contributed by atoms with Gasteiger partial charge < -0.3 is 20.4 Å². The zero-order valence-electron chi connectivity index (χ0n) is 15.6. The first kappa shape index (κ1) is 11.7. The maximum absolute atomic E-state index is 11.9. The van der Waals surface area contributed by atoms with Crippen LogP contribution in [0.2, 0.25) is 0 Å². The van der Waals surface area contributed by atoms with Gasteiger partial charge >= 0.3 is 5.97 Å². The van der Waals surface area contributed by atoms with E-state index in [4.69, 9.17) is 14.6 Å². The Morgan fingerprint density at radius 1 is 1.64 bits per heavy atom. The van der Waals surface area contributed by atoms with Crippen molar-refractivity contribution in [3.8, 4) is 5.75 Å². The van der Waals surface area contributed by atoms with E-state index < -0.39 is 19.0 Å². The highest BCUT2D eigenvalue weighted by atomic mass is 16.5. The first-order chi connectivity index (χ1) is 11.8. The van der Waals surface area contributed by atoms with Crippen molar-refractivity contribution in [2.75, 3.05) is 13.5 Å². The van der Waals surface area contributed by atoms with Gasteiger partial charge in [0.05, 0.1) is 0 Å². The monoisotopic (exact) mass is 304 g/mol. The summed E-state index contributed by atoms with van der Waals surface area (Å²) in [6.45, 7) is 0.0703. The fourth-order valence-electron chi connectivity index (χ4n) is 2.97. The number of esters is 1. The van der Waals surface area contributed by atoms with Crippen LogP contribution < -0.4 is 10.5 Å². The number of nitrogens with zero attached hydrogens (tertiary/aromatic N) is 1. The Kier molecular flexibility index (Phi) is 3.24. The van der Waals surface area contributed by atoms with Crippen LogP contribution in [-0.4, -0.2) is 41.5 Å². The molecule has 2 aromatic rings. The number of nitrogens with one attached hydrogen (secondary N) is 1. The third kappa shape index (κ3) is 2.87. The maximum Gasteiger partial charge on any atom is 0.328 e. The first-order valence-electron chi connectivity index (χ1n) is 9.10. The summed E-state index contributed by atoms with van der Waals surface area (Å²) in [5.41, 5.74) is 7.39. The predicted molar refractivity (Wildman–Crippen MR) is 86.9 cm³/mol. The van der Waals surface area contributed by atoms with Crippen molar-refractivity contribution in [3.63, 3.8) is 0 Å². The van der Waals surface area contributed by atoms with Gasteiger partial charge in [0.2, 0.25) is 0 Å². The number of rotatable bonds is 4. The molecule has 1 aromatic carbocycles. The highest BCUT2D eigenvalue weighted by Crippen LogP contribution is 2.31. The van der Waals surface area contributed by atoms with Crippen LogP contribution in [0.1, 0.15) is 29.4 Å². The average molecular weight is 304 g/mol. The van der Waals surface area contributed by atoms with Gasteiger partial charge in [-0.1, -0.05) is 6.07 Å². The van der Waals surface area contributed by atoms with Crippen LogP contribution in [0.5, 0.6) is 5.75 Å². The molecular formula is C17H23N3O2. The number of aromatic nitrogens is 1. The average Bonchev–Trinajstić information content (AvgIpc) is 3.15. The zero-order chi connectivity index (χ0) is 18.2. The fraction of sp³-hybridized carbons (Fsp3) is 0.471. The summed E-state index contributed by atoms with van der Waals surface area (Å²) in [6, 6.07) is 4.67. The number of aromatic amines is 1. The van der Waals surface area contributed by atoms with E-state index in [9.17, 15) is 4.79 Å². The smallest absolute Gasteiger partial charge is 0.328 e. The van der Waals surface area contributed by atoms with E-state index in [0.717, 1.165) is 29.3 Å². The molecule has 1 aliphatic rings. The standard InChI is InChI=1S/C17H23N3O2/c1-11(18)17(21)22-15-7-3-6-14-16(15)12(10-19-14)9-13-5-4-8-20(13)2/h3,6-7,10-11,13,19H,4-5,8-9,18H2,1-2H3/t11-,13-/m1/s1/i2D3. The molecule has 1 aromatic heterocycles. The third-order valence-corrected chi connectivity index (χ3v) is 4.16. The molecule has 0 unspecified atom stereocenters. The number of likely N-dealkylation sites (tertiary alicyclic amines) is 1.